The summed E-state index contributed by atoms with van der Waals surface area (Å²) >= 11 is 0. The SMILES string of the molecule is CCCCCCOC(=O)/C=C/C(=O)OCCCCCC. The number of ether oxygens (including phenoxy) is 2. The van der Waals surface area contributed by atoms with Crippen molar-refractivity contribution in [2.75, 3.05) is 13.2 Å². The van der Waals surface area contributed by atoms with Crippen LogP contribution in [0.2, 0.25) is 0 Å². The fourth-order valence-electron chi connectivity index (χ4n) is 1.64. The summed E-state index contributed by atoms with van der Waals surface area (Å²) in [5.74, 6) is -0.964. The van der Waals surface area contributed by atoms with Crippen LogP contribution in [0, 0.1) is 0 Å². The Bertz CT molecular complexity index is 256. The predicted octanol–water partition coefficient (Wildman–Crippen LogP) is 3.79. The third-order valence-corrected chi connectivity index (χ3v) is 2.84. The number of carbonyl (C=O) groups is 2. The van der Waals surface area contributed by atoms with E-state index in [9.17, 15) is 9.59 Å². The number of esters is 2. The summed E-state index contributed by atoms with van der Waals surface area (Å²) in [6, 6.07) is 0. The molecule has 0 saturated carbocycles. The van der Waals surface area contributed by atoms with Crippen molar-refractivity contribution in [3.63, 3.8) is 0 Å². The zero-order valence-electron chi connectivity index (χ0n) is 12.9. The Balaban J connectivity index is 3.54. The lowest BCUT2D eigenvalue weighted by molar-refractivity contribution is -0.140. The molecule has 0 aromatic carbocycles. The Kier molecular flexibility index (Phi) is 13.2. The van der Waals surface area contributed by atoms with Gasteiger partial charge >= 0.3 is 11.9 Å². The Hall–Kier alpha value is -1.32. The molecule has 20 heavy (non-hydrogen) atoms. The standard InChI is InChI=1S/C16H28O4/c1-3-5-7-9-13-19-15(17)11-12-16(18)20-14-10-8-6-4-2/h11-12H,3-10,13-14H2,1-2H3/b12-11+. The molecule has 0 N–H and O–H groups in total. The van der Waals surface area contributed by atoms with Gasteiger partial charge in [-0.2, -0.15) is 0 Å². The van der Waals surface area contributed by atoms with Crippen LogP contribution >= 0.6 is 0 Å². The van der Waals surface area contributed by atoms with Gasteiger partial charge in [-0.1, -0.05) is 52.4 Å². The van der Waals surface area contributed by atoms with Crippen molar-refractivity contribution in [2.24, 2.45) is 0 Å². The van der Waals surface area contributed by atoms with Gasteiger partial charge in [0.2, 0.25) is 0 Å². The highest BCUT2D eigenvalue weighted by Gasteiger charge is 2.01. The zero-order chi connectivity index (χ0) is 15.1. The summed E-state index contributed by atoms with van der Waals surface area (Å²) in [6.07, 6.45) is 10.7. The minimum Gasteiger partial charge on any atom is -0.463 e. The lowest BCUT2D eigenvalue weighted by Gasteiger charge is -2.02. The molecule has 0 bridgehead atoms. The zero-order valence-corrected chi connectivity index (χ0v) is 12.9. The summed E-state index contributed by atoms with van der Waals surface area (Å²) < 4.78 is 9.93. The first-order chi connectivity index (χ1) is 9.70. The van der Waals surface area contributed by atoms with Crippen LogP contribution in [0.1, 0.15) is 65.2 Å². The van der Waals surface area contributed by atoms with Crippen LogP contribution in [0.5, 0.6) is 0 Å². The van der Waals surface area contributed by atoms with Crippen molar-refractivity contribution in [2.45, 2.75) is 65.2 Å². The van der Waals surface area contributed by atoms with E-state index in [1.165, 1.54) is 0 Å². The molecular formula is C16H28O4. The normalized spacial score (nSPS) is 10.7. The molecule has 4 nitrogen and oxygen atoms in total. The monoisotopic (exact) mass is 284 g/mol. The van der Waals surface area contributed by atoms with E-state index in [4.69, 9.17) is 9.47 Å². The molecule has 0 saturated heterocycles. The van der Waals surface area contributed by atoms with Crippen molar-refractivity contribution in [3.8, 4) is 0 Å². The summed E-state index contributed by atoms with van der Waals surface area (Å²) in [7, 11) is 0. The van der Waals surface area contributed by atoms with Gasteiger partial charge in [0, 0.05) is 12.2 Å². The lowest BCUT2D eigenvalue weighted by Crippen LogP contribution is -2.06. The van der Waals surface area contributed by atoms with Gasteiger partial charge in [-0.25, -0.2) is 9.59 Å². The highest BCUT2D eigenvalue weighted by molar-refractivity contribution is 5.91. The Morgan fingerprint density at radius 2 is 1.10 bits per heavy atom. The molecule has 0 aromatic rings. The number of unbranched alkanes of at least 4 members (excludes halogenated alkanes) is 6. The molecule has 0 radical (unpaired) electrons. The number of carbonyl (C=O) groups excluding carboxylic acids is 2. The molecule has 0 aliphatic rings. The molecule has 4 heteroatoms. The fraction of sp³-hybridized carbons (Fsp3) is 0.750. The van der Waals surface area contributed by atoms with Crippen LogP contribution < -0.4 is 0 Å². The topological polar surface area (TPSA) is 52.6 Å². The van der Waals surface area contributed by atoms with E-state index in [2.05, 4.69) is 13.8 Å². The molecule has 116 valence electrons. The van der Waals surface area contributed by atoms with Crippen molar-refractivity contribution in [3.05, 3.63) is 12.2 Å². The van der Waals surface area contributed by atoms with E-state index < -0.39 is 11.9 Å². The second kappa shape index (κ2) is 14.1. The largest absolute Gasteiger partial charge is 0.463 e. The lowest BCUT2D eigenvalue weighted by atomic mass is 10.2. The van der Waals surface area contributed by atoms with Crippen molar-refractivity contribution in [1.29, 1.82) is 0 Å². The summed E-state index contributed by atoms with van der Waals surface area (Å²) in [6.45, 7) is 5.08. The van der Waals surface area contributed by atoms with Gasteiger partial charge in [0.05, 0.1) is 13.2 Å². The van der Waals surface area contributed by atoms with E-state index in [1.54, 1.807) is 0 Å². The van der Waals surface area contributed by atoms with E-state index in [-0.39, 0.29) is 0 Å². The number of hydrogen-bond acceptors (Lipinski definition) is 4. The Morgan fingerprint density at radius 1 is 0.700 bits per heavy atom. The van der Waals surface area contributed by atoms with Gasteiger partial charge in [0.1, 0.15) is 0 Å². The summed E-state index contributed by atoms with van der Waals surface area (Å²) in [5, 5.41) is 0. The first kappa shape index (κ1) is 18.7. The van der Waals surface area contributed by atoms with Gasteiger partial charge < -0.3 is 9.47 Å². The van der Waals surface area contributed by atoms with Crippen molar-refractivity contribution >= 4 is 11.9 Å². The van der Waals surface area contributed by atoms with Gasteiger partial charge in [0.15, 0.2) is 0 Å². The third-order valence-electron chi connectivity index (χ3n) is 2.84. The summed E-state index contributed by atoms with van der Waals surface area (Å²) in [5.41, 5.74) is 0. The van der Waals surface area contributed by atoms with Gasteiger partial charge in [0.25, 0.3) is 0 Å². The van der Waals surface area contributed by atoms with E-state index >= 15 is 0 Å². The molecule has 0 atom stereocenters. The maximum atomic E-state index is 11.3. The molecule has 0 heterocycles. The van der Waals surface area contributed by atoms with Crippen molar-refractivity contribution in [1.82, 2.24) is 0 Å². The van der Waals surface area contributed by atoms with E-state index in [1.807, 2.05) is 0 Å². The van der Waals surface area contributed by atoms with Crippen LogP contribution in [-0.4, -0.2) is 25.2 Å². The molecule has 0 aliphatic heterocycles. The van der Waals surface area contributed by atoms with Crippen LogP contribution in [0.4, 0.5) is 0 Å². The van der Waals surface area contributed by atoms with Crippen LogP contribution in [0.15, 0.2) is 12.2 Å². The second-order valence-corrected chi connectivity index (χ2v) is 4.79. The maximum absolute atomic E-state index is 11.3. The number of rotatable bonds is 12. The van der Waals surface area contributed by atoms with Gasteiger partial charge in [-0.05, 0) is 12.8 Å². The molecular weight excluding hydrogens is 256 g/mol. The first-order valence-corrected chi connectivity index (χ1v) is 7.72. The van der Waals surface area contributed by atoms with Crippen LogP contribution in [-0.2, 0) is 19.1 Å². The van der Waals surface area contributed by atoms with Crippen LogP contribution in [0.3, 0.4) is 0 Å². The first-order valence-electron chi connectivity index (χ1n) is 7.72. The fourth-order valence-corrected chi connectivity index (χ4v) is 1.64. The van der Waals surface area contributed by atoms with Crippen LogP contribution in [0.25, 0.3) is 0 Å². The highest BCUT2D eigenvalue weighted by Crippen LogP contribution is 2.00. The highest BCUT2D eigenvalue weighted by atomic mass is 16.5. The molecule has 0 aromatic heterocycles. The second-order valence-electron chi connectivity index (χ2n) is 4.79. The molecule has 0 amide bonds. The van der Waals surface area contributed by atoms with E-state index in [0.29, 0.717) is 13.2 Å². The average Bonchev–Trinajstić information content (AvgIpc) is 2.44. The van der Waals surface area contributed by atoms with E-state index in [0.717, 1.165) is 63.5 Å². The molecule has 0 unspecified atom stereocenters. The minimum atomic E-state index is -0.482. The van der Waals surface area contributed by atoms with Gasteiger partial charge in [-0.3, -0.25) is 0 Å². The van der Waals surface area contributed by atoms with Gasteiger partial charge in [-0.15, -0.1) is 0 Å². The maximum Gasteiger partial charge on any atom is 0.331 e. The molecule has 0 spiro atoms. The summed E-state index contributed by atoms with van der Waals surface area (Å²) in [4.78, 5) is 22.6. The Labute approximate surface area is 122 Å². The molecule has 0 fully saturated rings. The van der Waals surface area contributed by atoms with Crippen molar-refractivity contribution < 1.29 is 19.1 Å². The smallest absolute Gasteiger partial charge is 0.331 e. The molecule has 0 aliphatic carbocycles. The predicted molar refractivity (Wildman–Crippen MR) is 79.3 cm³/mol. The average molecular weight is 284 g/mol. The Morgan fingerprint density at radius 3 is 1.45 bits per heavy atom. The third kappa shape index (κ3) is 13.1. The minimum absolute atomic E-state index is 0.412. The number of hydrogen-bond donors (Lipinski definition) is 0. The molecule has 0 rings (SSSR count). The quantitative estimate of drug-likeness (QED) is 0.311.